The topological polar surface area (TPSA) is 52.0 Å². The minimum Gasteiger partial charge on any atom is -0.293 e. The van der Waals surface area contributed by atoms with Crippen LogP contribution in [0.1, 0.15) is 82.1 Å². The smallest absolute Gasteiger partial charge is 0.263 e. The summed E-state index contributed by atoms with van der Waals surface area (Å²) >= 11 is 3.13. The van der Waals surface area contributed by atoms with Crippen LogP contribution in [0.3, 0.4) is 0 Å². The lowest BCUT2D eigenvalue weighted by Gasteiger charge is -2.18. The zero-order chi connectivity index (χ0) is 22.4. The van der Waals surface area contributed by atoms with Crippen LogP contribution < -0.4 is 5.56 Å². The number of Topliss-reactive ketones (excluding diaryl/α,β-unsaturated/α-hetero) is 1. The number of hydrogen-bond donors (Lipinski definition) is 0. The first-order valence-electron chi connectivity index (χ1n) is 11.7. The lowest BCUT2D eigenvalue weighted by Crippen LogP contribution is -2.27. The number of aromatic nitrogens is 2. The highest BCUT2D eigenvalue weighted by atomic mass is 32.2. The van der Waals surface area contributed by atoms with Crippen LogP contribution in [0.25, 0.3) is 10.2 Å². The third-order valence-corrected chi connectivity index (χ3v) is 9.29. The number of ketones is 1. The van der Waals surface area contributed by atoms with Gasteiger partial charge in [0.1, 0.15) is 4.83 Å². The number of thiophene rings is 1. The number of carbonyl (C=O) groups excluding carboxylic acids is 1. The third kappa shape index (κ3) is 3.86. The molecule has 0 aliphatic heterocycles. The molecule has 2 aliphatic carbocycles. The standard InChI is InChI=1S/C26H30N2O2S2/c1-15-12-17(3)20(13-16(15)2)21(29)14-31-26-27-24-23(19-10-6-7-11-22(19)32-24)25(30)28(26)18-8-4-5-9-18/h12-13,18H,4-11,14H2,1-3H3. The van der Waals surface area contributed by atoms with Gasteiger partial charge < -0.3 is 0 Å². The normalized spacial score (nSPS) is 16.6. The van der Waals surface area contributed by atoms with E-state index in [9.17, 15) is 9.59 Å². The number of benzene rings is 1. The van der Waals surface area contributed by atoms with Crippen LogP contribution in [0.5, 0.6) is 0 Å². The number of carbonyl (C=O) groups is 1. The van der Waals surface area contributed by atoms with E-state index in [-0.39, 0.29) is 17.4 Å². The highest BCUT2D eigenvalue weighted by Gasteiger charge is 2.27. The Bertz CT molecular complexity index is 1270. The van der Waals surface area contributed by atoms with E-state index in [4.69, 9.17) is 4.98 Å². The molecule has 0 atom stereocenters. The summed E-state index contributed by atoms with van der Waals surface area (Å²) in [6.45, 7) is 6.12. The first-order chi connectivity index (χ1) is 15.4. The van der Waals surface area contributed by atoms with Crippen molar-refractivity contribution < 1.29 is 4.79 Å². The van der Waals surface area contributed by atoms with Crippen molar-refractivity contribution in [2.24, 2.45) is 0 Å². The second-order valence-electron chi connectivity index (χ2n) is 9.36. The summed E-state index contributed by atoms with van der Waals surface area (Å²) in [6.07, 6.45) is 8.77. The molecular formula is C26H30N2O2S2. The van der Waals surface area contributed by atoms with Crippen molar-refractivity contribution in [3.63, 3.8) is 0 Å². The summed E-state index contributed by atoms with van der Waals surface area (Å²) in [5, 5.41) is 1.58. The Morgan fingerprint density at radius 2 is 1.78 bits per heavy atom. The average Bonchev–Trinajstić information content (AvgIpc) is 3.42. The van der Waals surface area contributed by atoms with E-state index in [0.29, 0.717) is 5.75 Å². The maximum atomic E-state index is 13.8. The molecule has 2 aliphatic rings. The molecule has 0 N–H and O–H groups in total. The molecule has 0 radical (unpaired) electrons. The molecule has 0 saturated heterocycles. The van der Waals surface area contributed by atoms with E-state index in [1.807, 2.05) is 24.5 Å². The highest BCUT2D eigenvalue weighted by Crippen LogP contribution is 2.37. The first kappa shape index (κ1) is 21.9. The molecule has 2 heterocycles. The van der Waals surface area contributed by atoms with Gasteiger partial charge in [-0.05, 0) is 87.6 Å². The molecule has 32 heavy (non-hydrogen) atoms. The predicted molar refractivity (Wildman–Crippen MR) is 134 cm³/mol. The van der Waals surface area contributed by atoms with Crippen molar-refractivity contribution in [3.8, 4) is 0 Å². The van der Waals surface area contributed by atoms with Crippen molar-refractivity contribution in [1.29, 1.82) is 0 Å². The number of rotatable bonds is 5. The molecule has 0 unspecified atom stereocenters. The SMILES string of the molecule is Cc1cc(C)c(C(=O)CSc2nc3sc4c(c3c(=O)n2C2CCCC2)CCCC4)cc1C. The Morgan fingerprint density at radius 3 is 2.56 bits per heavy atom. The first-order valence-corrected chi connectivity index (χ1v) is 13.5. The minimum atomic E-state index is 0.105. The van der Waals surface area contributed by atoms with Gasteiger partial charge >= 0.3 is 0 Å². The number of nitrogens with zero attached hydrogens (tertiary/aromatic N) is 2. The minimum absolute atomic E-state index is 0.105. The van der Waals surface area contributed by atoms with Crippen LogP contribution >= 0.6 is 23.1 Å². The van der Waals surface area contributed by atoms with E-state index in [2.05, 4.69) is 13.0 Å². The molecule has 5 rings (SSSR count). The number of aryl methyl sites for hydroxylation is 5. The Balaban J connectivity index is 1.53. The fourth-order valence-electron chi connectivity index (χ4n) is 5.25. The van der Waals surface area contributed by atoms with Crippen LogP contribution in [0.2, 0.25) is 0 Å². The van der Waals surface area contributed by atoms with Gasteiger partial charge in [0.15, 0.2) is 10.9 Å². The quantitative estimate of drug-likeness (QED) is 0.250. The van der Waals surface area contributed by atoms with Crippen LogP contribution in [-0.2, 0) is 12.8 Å². The van der Waals surface area contributed by atoms with Crippen LogP contribution in [-0.4, -0.2) is 21.1 Å². The van der Waals surface area contributed by atoms with Crippen LogP contribution in [0, 0.1) is 20.8 Å². The fraction of sp³-hybridized carbons (Fsp3) is 0.500. The summed E-state index contributed by atoms with van der Waals surface area (Å²) in [5.74, 6) is 0.410. The Morgan fingerprint density at radius 1 is 1.06 bits per heavy atom. The molecule has 0 bridgehead atoms. The van der Waals surface area contributed by atoms with Crippen LogP contribution in [0.4, 0.5) is 0 Å². The molecule has 3 aromatic rings. The van der Waals surface area contributed by atoms with Crippen molar-refractivity contribution in [3.05, 3.63) is 55.2 Å². The average molecular weight is 467 g/mol. The maximum Gasteiger partial charge on any atom is 0.263 e. The van der Waals surface area contributed by atoms with Gasteiger partial charge in [0.05, 0.1) is 11.1 Å². The number of fused-ring (bicyclic) bond motifs is 3. The third-order valence-electron chi connectivity index (χ3n) is 7.15. The zero-order valence-electron chi connectivity index (χ0n) is 19.1. The molecule has 2 aromatic heterocycles. The van der Waals surface area contributed by atoms with E-state index >= 15 is 0 Å². The summed E-state index contributed by atoms with van der Waals surface area (Å²) in [4.78, 5) is 34.1. The summed E-state index contributed by atoms with van der Waals surface area (Å²) in [5.41, 5.74) is 5.51. The zero-order valence-corrected chi connectivity index (χ0v) is 20.8. The Labute approximate surface area is 197 Å². The molecule has 0 spiro atoms. The van der Waals surface area contributed by atoms with Crippen molar-refractivity contribution in [1.82, 2.24) is 9.55 Å². The number of thioether (sulfide) groups is 1. The van der Waals surface area contributed by atoms with Gasteiger partial charge in [-0.2, -0.15) is 0 Å². The molecule has 0 amide bonds. The maximum absolute atomic E-state index is 13.8. The van der Waals surface area contributed by atoms with Gasteiger partial charge in [0.25, 0.3) is 5.56 Å². The van der Waals surface area contributed by atoms with Crippen molar-refractivity contribution >= 4 is 39.1 Å². The molecule has 6 heteroatoms. The molecule has 1 saturated carbocycles. The summed E-state index contributed by atoms with van der Waals surface area (Å²) < 4.78 is 1.95. The van der Waals surface area contributed by atoms with Gasteiger partial charge in [0.2, 0.25) is 0 Å². The monoisotopic (exact) mass is 466 g/mol. The molecule has 1 aromatic carbocycles. The largest absolute Gasteiger partial charge is 0.293 e. The molecule has 4 nitrogen and oxygen atoms in total. The lowest BCUT2D eigenvalue weighted by molar-refractivity contribution is 0.102. The molecule has 1 fully saturated rings. The molecular weight excluding hydrogens is 436 g/mol. The van der Waals surface area contributed by atoms with E-state index in [1.54, 1.807) is 11.3 Å². The highest BCUT2D eigenvalue weighted by molar-refractivity contribution is 7.99. The van der Waals surface area contributed by atoms with Crippen LogP contribution in [0.15, 0.2) is 22.1 Å². The Kier molecular flexibility index (Phi) is 6.01. The van der Waals surface area contributed by atoms with Gasteiger partial charge in [-0.1, -0.05) is 30.7 Å². The van der Waals surface area contributed by atoms with E-state index < -0.39 is 0 Å². The van der Waals surface area contributed by atoms with Gasteiger partial charge in [0, 0.05) is 16.5 Å². The van der Waals surface area contributed by atoms with E-state index in [0.717, 1.165) is 77.0 Å². The summed E-state index contributed by atoms with van der Waals surface area (Å²) in [6, 6.07) is 4.29. The van der Waals surface area contributed by atoms with Crippen molar-refractivity contribution in [2.75, 3.05) is 5.75 Å². The second-order valence-corrected chi connectivity index (χ2v) is 11.4. The Hall–Kier alpha value is -1.92. The van der Waals surface area contributed by atoms with Crippen molar-refractivity contribution in [2.45, 2.75) is 83.3 Å². The molecule has 168 valence electrons. The summed E-state index contributed by atoms with van der Waals surface area (Å²) in [7, 11) is 0. The predicted octanol–water partition coefficient (Wildman–Crippen LogP) is 6.35. The fourth-order valence-corrected chi connectivity index (χ4v) is 7.51. The van der Waals surface area contributed by atoms with Gasteiger partial charge in [-0.3, -0.25) is 14.2 Å². The van der Waals surface area contributed by atoms with Gasteiger partial charge in [-0.25, -0.2) is 4.98 Å². The number of hydrogen-bond acceptors (Lipinski definition) is 5. The lowest BCUT2D eigenvalue weighted by atomic mass is 9.97. The van der Waals surface area contributed by atoms with Gasteiger partial charge in [-0.15, -0.1) is 11.3 Å². The second kappa shape index (κ2) is 8.79. The van der Waals surface area contributed by atoms with E-state index in [1.165, 1.54) is 34.2 Å².